The van der Waals surface area contributed by atoms with E-state index in [2.05, 4.69) is 11.3 Å². The van der Waals surface area contributed by atoms with Gasteiger partial charge in [-0.15, -0.1) is 0 Å². The molecule has 1 N–H and O–H groups in total. The lowest BCUT2D eigenvalue weighted by Gasteiger charge is -2.37. The molecule has 126 valence electrons. The summed E-state index contributed by atoms with van der Waals surface area (Å²) in [6.45, 7) is 11.1. The summed E-state index contributed by atoms with van der Waals surface area (Å²) in [5, 5.41) is 8.58. The van der Waals surface area contributed by atoms with Crippen LogP contribution in [0.2, 0.25) is 0 Å². The highest BCUT2D eigenvalue weighted by molar-refractivity contribution is 7.80. The monoisotopic (exact) mass is 325 g/mol. The Kier molecular flexibility index (Phi) is 11.4. The van der Waals surface area contributed by atoms with Crippen molar-refractivity contribution >= 4 is 16.3 Å². The molecule has 0 aromatic carbocycles. The molecule has 0 amide bonds. The summed E-state index contributed by atoms with van der Waals surface area (Å²) in [6, 6.07) is 0. The molecule has 0 radical (unpaired) electrons. The van der Waals surface area contributed by atoms with E-state index in [0.29, 0.717) is 18.6 Å². The smallest absolute Gasteiger partial charge is 0.333 e. The highest BCUT2D eigenvalue weighted by atomic mass is 32.2. The Morgan fingerprint density at radius 1 is 1.29 bits per heavy atom. The molecule has 0 aliphatic carbocycles. The van der Waals surface area contributed by atoms with E-state index >= 15 is 0 Å². The van der Waals surface area contributed by atoms with Gasteiger partial charge in [-0.1, -0.05) is 6.58 Å². The number of aliphatic hydroxyl groups is 1. The molecule has 0 heterocycles. The Labute approximate surface area is 127 Å². The van der Waals surface area contributed by atoms with Gasteiger partial charge in [-0.2, -0.15) is 8.42 Å². The molecule has 0 atom stereocenters. The number of carbonyl (C=O) groups excluding carboxylic acids is 1. The molecule has 0 saturated carbocycles. The zero-order chi connectivity index (χ0) is 17.1. The minimum Gasteiger partial charge on any atom is -0.702 e. The van der Waals surface area contributed by atoms with Crippen molar-refractivity contribution in [3.63, 3.8) is 0 Å². The number of quaternary nitrogens is 1. The SMILES string of the molecule is C=C(C)C(=O)OCC.CC[N+](CC)(CCCO)S(=O)(=O)[O-]. The second-order valence-electron chi connectivity index (χ2n) is 4.42. The first-order chi connectivity index (χ1) is 9.61. The third-order valence-corrected chi connectivity index (χ3v) is 4.62. The summed E-state index contributed by atoms with van der Waals surface area (Å²) < 4.78 is 37.0. The maximum Gasteiger partial charge on any atom is 0.333 e. The van der Waals surface area contributed by atoms with E-state index in [0.717, 1.165) is 0 Å². The Bertz CT molecular complexity index is 414. The molecule has 21 heavy (non-hydrogen) atoms. The first kappa shape index (κ1) is 22.3. The predicted molar refractivity (Wildman–Crippen MR) is 79.1 cm³/mol. The molecule has 0 aromatic rings. The Balaban J connectivity index is 0. The lowest BCUT2D eigenvalue weighted by molar-refractivity contribution is -0.807. The van der Waals surface area contributed by atoms with Crippen molar-refractivity contribution in [1.29, 1.82) is 0 Å². The number of hydrogen-bond acceptors (Lipinski definition) is 6. The van der Waals surface area contributed by atoms with Gasteiger partial charge in [0.05, 0.1) is 26.2 Å². The van der Waals surface area contributed by atoms with Crippen molar-refractivity contribution in [2.75, 3.05) is 32.8 Å². The molecule has 7 nitrogen and oxygen atoms in total. The average molecular weight is 325 g/mol. The van der Waals surface area contributed by atoms with E-state index < -0.39 is 14.2 Å². The Morgan fingerprint density at radius 2 is 1.76 bits per heavy atom. The molecule has 8 heteroatoms. The maximum atomic E-state index is 11.0. The highest BCUT2D eigenvalue weighted by Crippen LogP contribution is 2.13. The number of nitrogens with zero attached hydrogens (tertiary/aromatic N) is 1. The second kappa shape index (κ2) is 10.7. The Hall–Kier alpha value is -0.960. The summed E-state index contributed by atoms with van der Waals surface area (Å²) in [6.07, 6.45) is 0.336. The molecule has 0 aliphatic heterocycles. The molecule has 0 saturated heterocycles. The van der Waals surface area contributed by atoms with Crippen LogP contribution in [0.1, 0.15) is 34.1 Å². The molecule has 0 aromatic heterocycles. The van der Waals surface area contributed by atoms with Crippen LogP contribution >= 0.6 is 0 Å². The number of carbonyl (C=O) groups is 1. The normalized spacial score (nSPS) is 11.3. The van der Waals surface area contributed by atoms with Gasteiger partial charge in [-0.3, -0.25) is 0 Å². The summed E-state index contributed by atoms with van der Waals surface area (Å²) in [7, 11) is -4.32. The van der Waals surface area contributed by atoms with E-state index in [4.69, 9.17) is 5.11 Å². The van der Waals surface area contributed by atoms with Crippen molar-refractivity contribution in [2.45, 2.75) is 34.1 Å². The van der Waals surface area contributed by atoms with Gasteiger partial charge in [0.15, 0.2) is 0 Å². The summed E-state index contributed by atoms with van der Waals surface area (Å²) in [5.74, 6) is -0.312. The van der Waals surface area contributed by atoms with Crippen LogP contribution in [0.3, 0.4) is 0 Å². The minimum absolute atomic E-state index is 0.0878. The molecule has 0 spiro atoms. The largest absolute Gasteiger partial charge is 0.702 e. The lowest BCUT2D eigenvalue weighted by atomic mass is 10.4. The zero-order valence-electron chi connectivity index (χ0n) is 13.3. The van der Waals surface area contributed by atoms with Crippen LogP contribution in [0.15, 0.2) is 12.2 Å². The number of aliphatic hydroxyl groups excluding tert-OH is 1. The first-order valence-electron chi connectivity index (χ1n) is 6.87. The molecule has 0 bridgehead atoms. The summed E-state index contributed by atoms with van der Waals surface area (Å²) in [5.41, 5.74) is 0.451. The third-order valence-electron chi connectivity index (χ3n) is 2.97. The van der Waals surface area contributed by atoms with E-state index in [9.17, 15) is 17.8 Å². The van der Waals surface area contributed by atoms with Gasteiger partial charge in [0.1, 0.15) is 0 Å². The van der Waals surface area contributed by atoms with Crippen LogP contribution in [0, 0.1) is 0 Å². The fourth-order valence-electron chi connectivity index (χ4n) is 1.58. The molecule has 0 aliphatic rings. The quantitative estimate of drug-likeness (QED) is 0.306. The topological polar surface area (TPSA) is 104 Å². The van der Waals surface area contributed by atoms with Crippen LogP contribution in [-0.2, 0) is 19.8 Å². The predicted octanol–water partition coefficient (Wildman–Crippen LogP) is 0.811. The number of ether oxygens (including phenoxy) is 1. The maximum absolute atomic E-state index is 11.0. The molecular formula is C13H27NO6S. The van der Waals surface area contributed by atoms with Gasteiger partial charge in [0.25, 0.3) is 10.3 Å². The van der Waals surface area contributed by atoms with E-state index in [1.807, 2.05) is 0 Å². The van der Waals surface area contributed by atoms with E-state index in [1.165, 1.54) is 0 Å². The van der Waals surface area contributed by atoms with Gasteiger partial charge >= 0.3 is 5.97 Å². The van der Waals surface area contributed by atoms with Crippen molar-refractivity contribution in [2.24, 2.45) is 0 Å². The van der Waals surface area contributed by atoms with Crippen molar-refractivity contribution in [1.82, 2.24) is 0 Å². The van der Waals surface area contributed by atoms with Crippen LogP contribution in [0.25, 0.3) is 0 Å². The molecule has 0 fully saturated rings. The van der Waals surface area contributed by atoms with Crippen molar-refractivity contribution in [3.05, 3.63) is 12.2 Å². The zero-order valence-corrected chi connectivity index (χ0v) is 14.1. The third kappa shape index (κ3) is 8.15. The van der Waals surface area contributed by atoms with Crippen molar-refractivity contribution < 1.29 is 31.5 Å². The fourth-order valence-corrected chi connectivity index (χ4v) is 2.57. The van der Waals surface area contributed by atoms with Crippen LogP contribution in [-0.4, -0.2) is 60.8 Å². The minimum atomic E-state index is -4.32. The standard InChI is InChI=1S/C7H17NO4S.C6H10O2/c1-3-8(4-2,6-5-7-9)13(10,11)12;1-4-8-6(7)5(2)3/h9H,3-7H2,1-2H3;2,4H2,1,3H3. The van der Waals surface area contributed by atoms with Crippen LogP contribution in [0.5, 0.6) is 0 Å². The number of rotatable bonds is 8. The van der Waals surface area contributed by atoms with E-state index in [-0.39, 0.29) is 32.2 Å². The van der Waals surface area contributed by atoms with Gasteiger partial charge in [-0.25, -0.2) is 8.68 Å². The van der Waals surface area contributed by atoms with Crippen molar-refractivity contribution in [3.8, 4) is 0 Å². The van der Waals surface area contributed by atoms with Crippen LogP contribution < -0.4 is 0 Å². The van der Waals surface area contributed by atoms with E-state index in [1.54, 1.807) is 27.7 Å². The van der Waals surface area contributed by atoms with Gasteiger partial charge in [0.2, 0.25) is 0 Å². The van der Waals surface area contributed by atoms with Gasteiger partial charge < -0.3 is 14.4 Å². The highest BCUT2D eigenvalue weighted by Gasteiger charge is 2.30. The summed E-state index contributed by atoms with van der Waals surface area (Å²) >= 11 is 0. The fraction of sp³-hybridized carbons (Fsp3) is 0.769. The Morgan fingerprint density at radius 3 is 1.95 bits per heavy atom. The molecule has 0 rings (SSSR count). The summed E-state index contributed by atoms with van der Waals surface area (Å²) in [4.78, 5) is 10.4. The van der Waals surface area contributed by atoms with Gasteiger partial charge in [-0.05, 0) is 27.7 Å². The average Bonchev–Trinajstić information content (AvgIpc) is 2.40. The first-order valence-corrected chi connectivity index (χ1v) is 8.23. The molecular weight excluding hydrogens is 298 g/mol. The molecule has 0 unspecified atom stereocenters. The number of esters is 1. The lowest BCUT2D eigenvalue weighted by Crippen LogP contribution is -2.52. The second-order valence-corrected chi connectivity index (χ2v) is 6.05. The van der Waals surface area contributed by atoms with Crippen LogP contribution in [0.4, 0.5) is 0 Å². The van der Waals surface area contributed by atoms with Gasteiger partial charge in [0, 0.05) is 18.6 Å². The number of hydrogen-bond donors (Lipinski definition) is 1.